The van der Waals surface area contributed by atoms with Crippen LogP contribution in [0.3, 0.4) is 0 Å². The minimum atomic E-state index is -4.45. The van der Waals surface area contributed by atoms with Gasteiger partial charge in [-0.15, -0.1) is 0 Å². The average Bonchev–Trinajstić information content (AvgIpc) is 3.38. The zero-order chi connectivity index (χ0) is 22.0. The van der Waals surface area contributed by atoms with Crippen molar-refractivity contribution in [3.8, 4) is 0 Å². The highest BCUT2D eigenvalue weighted by atomic mass is 32.1. The Labute approximate surface area is 176 Å². The number of aromatic nitrogens is 5. The molecule has 2 aliphatic rings. The molecule has 0 atom stereocenters. The lowest BCUT2D eigenvalue weighted by Crippen LogP contribution is -2.44. The van der Waals surface area contributed by atoms with Gasteiger partial charge in [-0.3, -0.25) is 14.0 Å². The highest BCUT2D eigenvalue weighted by Gasteiger charge is 2.50. The molecular formula is C18H17F5N6OS. The second-order valence-corrected chi connectivity index (χ2v) is 9.15. The number of hydrogen-bond donors (Lipinski definition) is 0. The smallest absolute Gasteiger partial charge is 0.362 e. The van der Waals surface area contributed by atoms with Crippen LogP contribution in [0, 0.1) is 5.41 Å². The molecule has 5 rings (SSSR count). The lowest BCUT2D eigenvalue weighted by molar-refractivity contribution is -0.137. The van der Waals surface area contributed by atoms with E-state index in [4.69, 9.17) is 0 Å². The number of anilines is 1. The van der Waals surface area contributed by atoms with Crippen LogP contribution >= 0.6 is 11.3 Å². The van der Waals surface area contributed by atoms with Crippen molar-refractivity contribution in [2.24, 2.45) is 5.41 Å². The second-order valence-electron chi connectivity index (χ2n) is 8.14. The third kappa shape index (κ3) is 3.48. The zero-order valence-corrected chi connectivity index (χ0v) is 16.8. The van der Waals surface area contributed by atoms with Crippen LogP contribution in [0.4, 0.5) is 27.0 Å². The highest BCUT2D eigenvalue weighted by molar-refractivity contribution is 7.15. The minimum absolute atomic E-state index is 0.0566. The van der Waals surface area contributed by atoms with Crippen molar-refractivity contribution in [2.45, 2.75) is 44.5 Å². The number of rotatable bonds is 4. The molecule has 0 unspecified atom stereocenters. The maximum Gasteiger partial charge on any atom is 0.443 e. The Morgan fingerprint density at radius 1 is 1.23 bits per heavy atom. The van der Waals surface area contributed by atoms with Crippen LogP contribution in [0.2, 0.25) is 0 Å². The number of halogens is 5. The summed E-state index contributed by atoms with van der Waals surface area (Å²) in [6, 6.07) is -0.133. The van der Waals surface area contributed by atoms with Gasteiger partial charge in [-0.25, -0.2) is 18.7 Å². The first-order valence-corrected chi connectivity index (χ1v) is 10.5. The van der Waals surface area contributed by atoms with E-state index in [9.17, 15) is 26.7 Å². The van der Waals surface area contributed by atoms with Crippen LogP contribution in [-0.4, -0.2) is 43.8 Å². The van der Waals surface area contributed by atoms with E-state index in [1.54, 1.807) is 0 Å². The third-order valence-electron chi connectivity index (χ3n) is 6.11. The molecule has 31 heavy (non-hydrogen) atoms. The number of fused-ring (bicyclic) bond motifs is 1. The third-order valence-corrected chi connectivity index (χ3v) is 7.21. The first-order chi connectivity index (χ1) is 14.7. The summed E-state index contributed by atoms with van der Waals surface area (Å²) in [5.74, 6) is 0. The summed E-state index contributed by atoms with van der Waals surface area (Å²) in [4.78, 5) is 22.5. The van der Waals surface area contributed by atoms with E-state index in [2.05, 4.69) is 15.1 Å². The molecule has 1 saturated heterocycles. The van der Waals surface area contributed by atoms with Crippen LogP contribution in [0.5, 0.6) is 0 Å². The number of hydrogen-bond acceptors (Lipinski definition) is 6. The van der Waals surface area contributed by atoms with Crippen molar-refractivity contribution in [1.29, 1.82) is 0 Å². The predicted molar refractivity (Wildman–Crippen MR) is 102 cm³/mol. The van der Waals surface area contributed by atoms with Crippen molar-refractivity contribution in [2.75, 3.05) is 18.0 Å². The first-order valence-electron chi connectivity index (χ1n) is 9.64. The van der Waals surface area contributed by atoms with Gasteiger partial charge in [0, 0.05) is 19.1 Å². The summed E-state index contributed by atoms with van der Waals surface area (Å²) in [6.45, 7) is 0.541. The first kappa shape index (κ1) is 20.3. The number of thiazole rings is 1. The van der Waals surface area contributed by atoms with Gasteiger partial charge >= 0.3 is 6.18 Å². The quantitative estimate of drug-likeness (QED) is 0.557. The maximum atomic E-state index is 12.9. The molecule has 4 heterocycles. The van der Waals surface area contributed by atoms with E-state index in [1.807, 2.05) is 4.90 Å². The second kappa shape index (κ2) is 6.97. The summed E-state index contributed by atoms with van der Waals surface area (Å²) in [5, 5.41) is 3.47. The molecule has 166 valence electrons. The summed E-state index contributed by atoms with van der Waals surface area (Å²) >= 11 is 0.634. The fraction of sp³-hybridized carbons (Fsp3) is 0.556. The molecule has 3 aromatic rings. The van der Waals surface area contributed by atoms with Gasteiger partial charge in [0.1, 0.15) is 17.1 Å². The Bertz CT molecular complexity index is 1180. The molecule has 3 aromatic heterocycles. The van der Waals surface area contributed by atoms with Crippen molar-refractivity contribution in [3.63, 3.8) is 0 Å². The van der Waals surface area contributed by atoms with E-state index in [1.165, 1.54) is 23.3 Å². The monoisotopic (exact) mass is 460 g/mol. The summed E-state index contributed by atoms with van der Waals surface area (Å²) in [7, 11) is 0. The van der Waals surface area contributed by atoms with Crippen LogP contribution in [0.25, 0.3) is 11.0 Å². The van der Waals surface area contributed by atoms with Crippen LogP contribution in [-0.2, 0) is 12.7 Å². The van der Waals surface area contributed by atoms with Crippen molar-refractivity contribution in [1.82, 2.24) is 24.3 Å². The molecule has 1 aliphatic heterocycles. The number of alkyl halides is 5. The fourth-order valence-electron chi connectivity index (χ4n) is 4.65. The summed E-state index contributed by atoms with van der Waals surface area (Å²) < 4.78 is 66.5. The largest absolute Gasteiger partial charge is 0.443 e. The van der Waals surface area contributed by atoms with Crippen LogP contribution in [0.15, 0.2) is 23.5 Å². The maximum absolute atomic E-state index is 12.9. The van der Waals surface area contributed by atoms with Gasteiger partial charge in [0.25, 0.3) is 12.0 Å². The fourth-order valence-corrected chi connectivity index (χ4v) is 5.46. The highest BCUT2D eigenvalue weighted by Crippen LogP contribution is 2.54. The SMILES string of the molecule is O=c1c2c(cnn2CC(F)F)ncn1C1CC2(CCN(c3cnc(C(F)(F)F)s3)C2)C1. The molecule has 2 fully saturated rings. The Morgan fingerprint density at radius 2 is 2.00 bits per heavy atom. The molecule has 1 aliphatic carbocycles. The normalized spacial score (nSPS) is 23.9. The van der Waals surface area contributed by atoms with Gasteiger partial charge in [-0.1, -0.05) is 11.3 Å². The van der Waals surface area contributed by atoms with Crippen molar-refractivity contribution in [3.05, 3.63) is 34.1 Å². The van der Waals surface area contributed by atoms with E-state index in [0.717, 1.165) is 11.1 Å². The zero-order valence-electron chi connectivity index (χ0n) is 16.0. The van der Waals surface area contributed by atoms with Gasteiger partial charge in [0.05, 0.1) is 18.7 Å². The van der Waals surface area contributed by atoms with Gasteiger partial charge in [-0.2, -0.15) is 18.3 Å². The van der Waals surface area contributed by atoms with Gasteiger partial charge in [0.2, 0.25) is 0 Å². The number of nitrogens with zero attached hydrogens (tertiary/aromatic N) is 6. The van der Waals surface area contributed by atoms with Crippen LogP contribution < -0.4 is 10.5 Å². The van der Waals surface area contributed by atoms with E-state index >= 15 is 0 Å². The molecule has 13 heteroatoms. The molecule has 0 aromatic carbocycles. The van der Waals surface area contributed by atoms with Crippen molar-refractivity contribution < 1.29 is 22.0 Å². The van der Waals surface area contributed by atoms with Gasteiger partial charge in [0.15, 0.2) is 10.5 Å². The van der Waals surface area contributed by atoms with E-state index in [0.29, 0.717) is 42.3 Å². The van der Waals surface area contributed by atoms with Crippen molar-refractivity contribution >= 4 is 27.4 Å². The summed E-state index contributed by atoms with van der Waals surface area (Å²) in [5.41, 5.74) is -0.171. The Balaban J connectivity index is 1.32. The molecule has 1 spiro atoms. The topological polar surface area (TPSA) is 68.8 Å². The molecule has 0 radical (unpaired) electrons. The molecule has 7 nitrogen and oxygen atoms in total. The summed E-state index contributed by atoms with van der Waals surface area (Å²) in [6.07, 6.45) is -0.976. The van der Waals surface area contributed by atoms with Gasteiger partial charge in [-0.05, 0) is 24.7 Å². The Kier molecular flexibility index (Phi) is 4.57. The minimum Gasteiger partial charge on any atom is -0.362 e. The molecule has 0 amide bonds. The average molecular weight is 460 g/mol. The Morgan fingerprint density at radius 3 is 2.68 bits per heavy atom. The van der Waals surface area contributed by atoms with Crippen LogP contribution in [0.1, 0.15) is 30.3 Å². The standard InChI is InChI=1S/C18H17F5N6OS/c19-12(20)7-29-14-11(5-26-29)25-9-28(15(14)30)10-3-17(4-10)1-2-27(8-17)13-6-24-16(31-13)18(21,22)23/h5-6,9-10,12H,1-4,7-8H2. The van der Waals surface area contributed by atoms with E-state index in [-0.39, 0.29) is 22.5 Å². The predicted octanol–water partition coefficient (Wildman–Crippen LogP) is 3.57. The molecular weight excluding hydrogens is 443 g/mol. The Hall–Kier alpha value is -2.57. The van der Waals surface area contributed by atoms with Gasteiger partial charge < -0.3 is 4.90 Å². The lowest BCUT2D eigenvalue weighted by atomic mass is 9.65. The molecule has 0 bridgehead atoms. The van der Waals surface area contributed by atoms with E-state index < -0.39 is 29.7 Å². The molecule has 0 N–H and O–H groups in total. The molecule has 1 saturated carbocycles. The lowest BCUT2D eigenvalue weighted by Gasteiger charge is -2.45.